The second kappa shape index (κ2) is 2.98. The molecule has 1 aliphatic carbocycles. The summed E-state index contributed by atoms with van der Waals surface area (Å²) in [5.74, 6) is 3.62. The number of aliphatic hydroxyl groups is 1. The fourth-order valence-corrected chi connectivity index (χ4v) is 3.75. The Morgan fingerprint density at radius 3 is 3.09 bits per heavy atom. The van der Waals surface area contributed by atoms with Crippen LogP contribution < -0.4 is 0 Å². The third kappa shape index (κ3) is 1.43. The number of thioether (sulfide) groups is 1. The molecular formula is C9H16OS. The Hall–Kier alpha value is 0.310. The zero-order valence-electron chi connectivity index (χ0n) is 6.88. The van der Waals surface area contributed by atoms with Gasteiger partial charge in [0.15, 0.2) is 0 Å². The van der Waals surface area contributed by atoms with Crippen molar-refractivity contribution in [1.29, 1.82) is 0 Å². The van der Waals surface area contributed by atoms with Gasteiger partial charge in [0.25, 0.3) is 0 Å². The lowest BCUT2D eigenvalue weighted by molar-refractivity contribution is 0.267. The molecule has 1 heterocycles. The largest absolute Gasteiger partial charge is 0.396 e. The highest BCUT2D eigenvalue weighted by atomic mass is 32.2. The van der Waals surface area contributed by atoms with Gasteiger partial charge in [0.05, 0.1) is 0 Å². The molecule has 0 bridgehead atoms. The van der Waals surface area contributed by atoms with Gasteiger partial charge in [0, 0.05) is 6.61 Å². The molecule has 0 aromatic carbocycles. The first-order valence-corrected chi connectivity index (χ1v) is 5.71. The van der Waals surface area contributed by atoms with E-state index in [1.807, 2.05) is 0 Å². The molecule has 0 amide bonds. The van der Waals surface area contributed by atoms with Crippen LogP contribution in [0.4, 0.5) is 0 Å². The van der Waals surface area contributed by atoms with E-state index in [1.165, 1.54) is 30.8 Å². The number of hydrogen-bond donors (Lipinski definition) is 1. The molecule has 11 heavy (non-hydrogen) atoms. The lowest BCUT2D eigenvalue weighted by Gasteiger charge is -2.21. The van der Waals surface area contributed by atoms with Crippen molar-refractivity contribution in [3.05, 3.63) is 0 Å². The van der Waals surface area contributed by atoms with E-state index in [0.717, 1.165) is 12.3 Å². The molecule has 1 spiro atoms. The van der Waals surface area contributed by atoms with Crippen LogP contribution in [0, 0.1) is 11.3 Å². The van der Waals surface area contributed by atoms with Crippen LogP contribution >= 0.6 is 11.8 Å². The lowest BCUT2D eigenvalue weighted by Crippen LogP contribution is -2.14. The molecule has 0 radical (unpaired) electrons. The fraction of sp³-hybridized carbons (Fsp3) is 1.00. The van der Waals surface area contributed by atoms with Crippen molar-refractivity contribution in [1.82, 2.24) is 0 Å². The first-order chi connectivity index (χ1) is 5.37. The Labute approximate surface area is 72.6 Å². The van der Waals surface area contributed by atoms with Crippen molar-refractivity contribution < 1.29 is 5.11 Å². The molecule has 1 saturated heterocycles. The van der Waals surface area contributed by atoms with E-state index in [-0.39, 0.29) is 0 Å². The zero-order chi connectivity index (χ0) is 7.73. The third-order valence-corrected chi connectivity index (χ3v) is 4.55. The minimum atomic E-state index is 0.400. The van der Waals surface area contributed by atoms with Gasteiger partial charge >= 0.3 is 0 Å². The Balaban J connectivity index is 1.84. The predicted octanol–water partition coefficient (Wildman–Crippen LogP) is 1.90. The summed E-state index contributed by atoms with van der Waals surface area (Å²) in [4.78, 5) is 0. The first-order valence-electron chi connectivity index (χ1n) is 4.56. The van der Waals surface area contributed by atoms with Crippen molar-refractivity contribution in [2.45, 2.75) is 25.7 Å². The SMILES string of the molecule is OCCC1CC12CCCSC2. The van der Waals surface area contributed by atoms with Crippen LogP contribution in [0.25, 0.3) is 0 Å². The van der Waals surface area contributed by atoms with E-state index in [4.69, 9.17) is 5.11 Å². The summed E-state index contributed by atoms with van der Waals surface area (Å²) >= 11 is 2.11. The topological polar surface area (TPSA) is 20.2 Å². The van der Waals surface area contributed by atoms with Crippen molar-refractivity contribution >= 4 is 11.8 Å². The minimum absolute atomic E-state index is 0.400. The van der Waals surface area contributed by atoms with Crippen LogP contribution in [0.5, 0.6) is 0 Å². The molecule has 2 rings (SSSR count). The maximum Gasteiger partial charge on any atom is 0.0433 e. The van der Waals surface area contributed by atoms with Gasteiger partial charge in [-0.1, -0.05) is 0 Å². The van der Waals surface area contributed by atoms with Gasteiger partial charge in [0.1, 0.15) is 0 Å². The van der Waals surface area contributed by atoms with E-state index in [9.17, 15) is 0 Å². The van der Waals surface area contributed by atoms with E-state index < -0.39 is 0 Å². The van der Waals surface area contributed by atoms with Gasteiger partial charge in [-0.05, 0) is 48.5 Å². The van der Waals surface area contributed by atoms with Gasteiger partial charge in [0.2, 0.25) is 0 Å². The molecule has 1 nitrogen and oxygen atoms in total. The maximum absolute atomic E-state index is 8.78. The zero-order valence-corrected chi connectivity index (χ0v) is 7.70. The number of hydrogen-bond acceptors (Lipinski definition) is 2. The smallest absolute Gasteiger partial charge is 0.0433 e. The average molecular weight is 172 g/mol. The van der Waals surface area contributed by atoms with E-state index in [2.05, 4.69) is 11.8 Å². The normalized spacial score (nSPS) is 42.8. The molecule has 2 unspecified atom stereocenters. The maximum atomic E-state index is 8.78. The molecule has 64 valence electrons. The highest BCUT2D eigenvalue weighted by Gasteiger charge is 2.53. The Kier molecular flexibility index (Phi) is 2.15. The highest BCUT2D eigenvalue weighted by Crippen LogP contribution is 2.60. The second-order valence-corrected chi connectivity index (χ2v) is 5.04. The quantitative estimate of drug-likeness (QED) is 0.686. The summed E-state index contributed by atoms with van der Waals surface area (Å²) in [6.07, 6.45) is 5.30. The van der Waals surface area contributed by atoms with Crippen molar-refractivity contribution in [3.63, 3.8) is 0 Å². The van der Waals surface area contributed by atoms with Crippen LogP contribution in [-0.2, 0) is 0 Å². The molecule has 2 aliphatic rings. The van der Waals surface area contributed by atoms with Gasteiger partial charge in [-0.25, -0.2) is 0 Å². The summed E-state index contributed by atoms with van der Waals surface area (Å²) in [6.45, 7) is 0.400. The summed E-state index contributed by atoms with van der Waals surface area (Å²) in [5.41, 5.74) is 0.700. The second-order valence-electron chi connectivity index (χ2n) is 3.93. The molecule has 2 atom stereocenters. The molecule has 1 aliphatic heterocycles. The van der Waals surface area contributed by atoms with Crippen LogP contribution in [0.3, 0.4) is 0 Å². The summed E-state index contributed by atoms with van der Waals surface area (Å²) in [5, 5.41) is 8.78. The van der Waals surface area contributed by atoms with E-state index >= 15 is 0 Å². The number of rotatable bonds is 2. The van der Waals surface area contributed by atoms with Crippen LogP contribution in [-0.4, -0.2) is 23.2 Å². The van der Waals surface area contributed by atoms with Crippen molar-refractivity contribution in [2.75, 3.05) is 18.1 Å². The number of aliphatic hydroxyl groups excluding tert-OH is 1. The van der Waals surface area contributed by atoms with E-state index in [0.29, 0.717) is 12.0 Å². The van der Waals surface area contributed by atoms with Crippen LogP contribution in [0.2, 0.25) is 0 Å². The molecule has 2 fully saturated rings. The van der Waals surface area contributed by atoms with Gasteiger partial charge in [-0.3, -0.25) is 0 Å². The molecule has 0 aromatic rings. The Morgan fingerprint density at radius 2 is 2.45 bits per heavy atom. The fourth-order valence-electron chi connectivity index (χ4n) is 2.35. The molecule has 2 heteroatoms. The predicted molar refractivity (Wildman–Crippen MR) is 48.8 cm³/mol. The molecule has 1 saturated carbocycles. The Morgan fingerprint density at radius 1 is 1.55 bits per heavy atom. The van der Waals surface area contributed by atoms with Gasteiger partial charge in [-0.15, -0.1) is 0 Å². The van der Waals surface area contributed by atoms with Crippen LogP contribution in [0.15, 0.2) is 0 Å². The monoisotopic (exact) mass is 172 g/mol. The average Bonchev–Trinajstić information content (AvgIpc) is 2.66. The van der Waals surface area contributed by atoms with Gasteiger partial charge < -0.3 is 5.11 Å². The standard InChI is InChI=1S/C9H16OS/c10-4-2-8-6-9(8)3-1-5-11-7-9/h8,10H,1-7H2. The first kappa shape index (κ1) is 7.93. The van der Waals surface area contributed by atoms with Gasteiger partial charge in [-0.2, -0.15) is 11.8 Å². The molecular weight excluding hydrogens is 156 g/mol. The minimum Gasteiger partial charge on any atom is -0.396 e. The summed E-state index contributed by atoms with van der Waals surface area (Å²) < 4.78 is 0. The summed E-state index contributed by atoms with van der Waals surface area (Å²) in [6, 6.07) is 0. The van der Waals surface area contributed by atoms with E-state index in [1.54, 1.807) is 0 Å². The Bertz CT molecular complexity index is 140. The lowest BCUT2D eigenvalue weighted by atomic mass is 9.98. The van der Waals surface area contributed by atoms with Crippen molar-refractivity contribution in [3.8, 4) is 0 Å². The molecule has 0 aromatic heterocycles. The molecule has 1 N–H and O–H groups in total. The summed E-state index contributed by atoms with van der Waals surface area (Å²) in [7, 11) is 0. The third-order valence-electron chi connectivity index (χ3n) is 3.19. The van der Waals surface area contributed by atoms with Crippen molar-refractivity contribution in [2.24, 2.45) is 11.3 Å². The van der Waals surface area contributed by atoms with Crippen LogP contribution in [0.1, 0.15) is 25.7 Å². The highest BCUT2D eigenvalue weighted by molar-refractivity contribution is 7.99.